The van der Waals surface area contributed by atoms with Crippen LogP contribution in [0.5, 0.6) is 0 Å². The Morgan fingerprint density at radius 1 is 1.29 bits per heavy atom. The molecule has 0 spiro atoms. The minimum Gasteiger partial charge on any atom is -0.393 e. The molecule has 0 aromatic heterocycles. The molecule has 0 heterocycles. The second kappa shape index (κ2) is 4.38. The zero-order chi connectivity index (χ0) is 14.6. The highest BCUT2D eigenvalue weighted by Gasteiger charge is 2.46. The zero-order valence-electron chi connectivity index (χ0n) is 12.2. The third-order valence-corrected chi connectivity index (χ3v) is 5.63. The summed E-state index contributed by atoms with van der Waals surface area (Å²) in [5.41, 5.74) is 3.45. The predicted octanol–water partition coefficient (Wildman–Crippen LogP) is 4.43. The number of nitroso groups, excluding NO2 is 1. The van der Waals surface area contributed by atoms with Gasteiger partial charge in [-0.05, 0) is 76.2 Å². The maximum absolute atomic E-state index is 10.8. The van der Waals surface area contributed by atoms with Crippen LogP contribution in [0.1, 0.15) is 43.2 Å². The molecule has 108 valence electrons. The summed E-state index contributed by atoms with van der Waals surface area (Å²) < 4.78 is 0. The van der Waals surface area contributed by atoms with Gasteiger partial charge >= 0.3 is 0 Å². The van der Waals surface area contributed by atoms with Crippen LogP contribution in [-0.2, 0) is 6.42 Å². The first kappa shape index (κ1) is 13.0. The molecule has 3 nitrogen and oxygen atoms in total. The van der Waals surface area contributed by atoms with Crippen LogP contribution in [0.25, 0.3) is 10.8 Å². The van der Waals surface area contributed by atoms with E-state index >= 15 is 0 Å². The Morgan fingerprint density at radius 3 is 2.90 bits per heavy atom. The predicted molar refractivity (Wildman–Crippen MR) is 83.8 cm³/mol. The number of aliphatic hydroxyl groups excluding tert-OH is 1. The topological polar surface area (TPSA) is 49.7 Å². The van der Waals surface area contributed by atoms with Crippen LogP contribution in [0.2, 0.25) is 0 Å². The van der Waals surface area contributed by atoms with Crippen LogP contribution in [-0.4, -0.2) is 11.2 Å². The van der Waals surface area contributed by atoms with Crippen LogP contribution >= 0.6 is 0 Å². The van der Waals surface area contributed by atoms with Gasteiger partial charge in [-0.15, -0.1) is 4.91 Å². The molecule has 3 unspecified atom stereocenters. The molecule has 0 radical (unpaired) electrons. The number of hydrogen-bond donors (Lipinski definition) is 1. The Hall–Kier alpha value is -1.74. The van der Waals surface area contributed by atoms with Crippen LogP contribution in [0, 0.1) is 10.3 Å². The second-order valence-electron chi connectivity index (χ2n) is 6.93. The molecule has 2 aromatic carbocycles. The molecular weight excluding hydrogens is 262 g/mol. The van der Waals surface area contributed by atoms with E-state index in [0.29, 0.717) is 11.6 Å². The lowest BCUT2D eigenvalue weighted by atomic mass is 9.66. The third kappa shape index (κ3) is 1.84. The Labute approximate surface area is 124 Å². The van der Waals surface area contributed by atoms with E-state index in [9.17, 15) is 10.0 Å². The number of hydrogen-bond acceptors (Lipinski definition) is 3. The van der Waals surface area contributed by atoms with E-state index in [2.05, 4.69) is 24.2 Å². The monoisotopic (exact) mass is 281 g/mol. The van der Waals surface area contributed by atoms with E-state index in [4.69, 9.17) is 0 Å². The molecule has 3 heteroatoms. The van der Waals surface area contributed by atoms with Gasteiger partial charge in [0, 0.05) is 0 Å². The summed E-state index contributed by atoms with van der Waals surface area (Å²) >= 11 is 0. The molecule has 2 aliphatic rings. The van der Waals surface area contributed by atoms with Gasteiger partial charge < -0.3 is 5.11 Å². The smallest absolute Gasteiger partial charge is 0.108 e. The molecular formula is C18H19NO2. The maximum Gasteiger partial charge on any atom is 0.108 e. The molecule has 4 rings (SSSR count). The van der Waals surface area contributed by atoms with E-state index in [0.717, 1.165) is 31.1 Å². The quantitative estimate of drug-likeness (QED) is 0.786. The first-order valence-electron chi connectivity index (χ1n) is 7.68. The molecule has 1 saturated carbocycles. The van der Waals surface area contributed by atoms with Gasteiger partial charge in [0.25, 0.3) is 0 Å². The van der Waals surface area contributed by atoms with Crippen LogP contribution < -0.4 is 0 Å². The number of nitrogens with zero attached hydrogens (tertiary/aromatic N) is 1. The van der Waals surface area contributed by atoms with Crippen molar-refractivity contribution in [1.82, 2.24) is 0 Å². The average molecular weight is 281 g/mol. The Balaban J connectivity index is 1.93. The summed E-state index contributed by atoms with van der Waals surface area (Å²) in [4.78, 5) is 10.8. The van der Waals surface area contributed by atoms with Crippen molar-refractivity contribution in [3.63, 3.8) is 0 Å². The van der Waals surface area contributed by atoms with Gasteiger partial charge in [-0.1, -0.05) is 25.1 Å². The molecule has 2 aliphatic carbocycles. The minimum absolute atomic E-state index is 0.176. The fourth-order valence-corrected chi connectivity index (χ4v) is 4.56. The van der Waals surface area contributed by atoms with Crippen molar-refractivity contribution >= 4 is 16.5 Å². The van der Waals surface area contributed by atoms with Gasteiger partial charge in [0.15, 0.2) is 0 Å². The van der Waals surface area contributed by atoms with Gasteiger partial charge in [-0.2, -0.15) is 0 Å². The summed E-state index contributed by atoms with van der Waals surface area (Å²) in [6.07, 6.45) is 3.73. The largest absolute Gasteiger partial charge is 0.393 e. The number of benzene rings is 2. The van der Waals surface area contributed by atoms with E-state index in [1.807, 2.05) is 12.1 Å². The molecule has 0 saturated heterocycles. The van der Waals surface area contributed by atoms with Gasteiger partial charge in [-0.3, -0.25) is 0 Å². The van der Waals surface area contributed by atoms with Crippen LogP contribution in [0.3, 0.4) is 0 Å². The first-order chi connectivity index (χ1) is 10.1. The number of rotatable bonds is 1. The molecule has 2 aromatic rings. The van der Waals surface area contributed by atoms with E-state index < -0.39 is 0 Å². The van der Waals surface area contributed by atoms with Crippen molar-refractivity contribution < 1.29 is 5.11 Å². The highest BCUT2D eigenvalue weighted by molar-refractivity contribution is 5.89. The summed E-state index contributed by atoms with van der Waals surface area (Å²) in [7, 11) is 0. The van der Waals surface area contributed by atoms with Gasteiger partial charge in [-0.25, -0.2) is 0 Å². The lowest BCUT2D eigenvalue weighted by Gasteiger charge is -2.38. The number of aliphatic hydroxyl groups is 1. The molecule has 1 N–H and O–H groups in total. The third-order valence-electron chi connectivity index (χ3n) is 5.63. The van der Waals surface area contributed by atoms with Gasteiger partial charge in [0.1, 0.15) is 5.69 Å². The van der Waals surface area contributed by atoms with Crippen molar-refractivity contribution in [3.05, 3.63) is 46.4 Å². The summed E-state index contributed by atoms with van der Waals surface area (Å²) in [5, 5.41) is 15.5. The Morgan fingerprint density at radius 2 is 2.10 bits per heavy atom. The average Bonchev–Trinajstić information content (AvgIpc) is 2.80. The lowest BCUT2D eigenvalue weighted by molar-refractivity contribution is 0.159. The Bertz CT molecular complexity index is 739. The normalized spacial score (nSPS) is 31.0. The lowest BCUT2D eigenvalue weighted by Crippen LogP contribution is -2.26. The molecule has 3 atom stereocenters. The maximum atomic E-state index is 10.8. The summed E-state index contributed by atoms with van der Waals surface area (Å²) in [6.45, 7) is 2.31. The van der Waals surface area contributed by atoms with Crippen molar-refractivity contribution in [1.29, 1.82) is 0 Å². The van der Waals surface area contributed by atoms with Crippen molar-refractivity contribution in [3.8, 4) is 0 Å². The fourth-order valence-electron chi connectivity index (χ4n) is 4.56. The Kier molecular flexibility index (Phi) is 2.70. The molecule has 0 aliphatic heterocycles. The number of fused-ring (bicyclic) bond motifs is 5. The standard InChI is InChI=1S/C18H19NO2/c1-18-7-6-14-15(17(18)9-13(20)10-18)5-3-11-2-4-12(19-21)8-16(11)14/h2-5,8,13,17,20H,6-7,9-10H2,1H3. The molecule has 0 amide bonds. The van der Waals surface area contributed by atoms with E-state index in [1.54, 1.807) is 6.07 Å². The van der Waals surface area contributed by atoms with Gasteiger partial charge in [0.05, 0.1) is 6.10 Å². The zero-order valence-corrected chi connectivity index (χ0v) is 12.2. The highest BCUT2D eigenvalue weighted by Crippen LogP contribution is 2.56. The van der Waals surface area contributed by atoms with E-state index in [-0.39, 0.29) is 11.5 Å². The number of aryl methyl sites for hydroxylation is 1. The SMILES string of the molecule is CC12CCc3c(ccc4ccc(N=O)cc34)C1CC(O)C2. The van der Waals surface area contributed by atoms with Crippen LogP contribution in [0.15, 0.2) is 35.5 Å². The highest BCUT2D eigenvalue weighted by atomic mass is 16.3. The van der Waals surface area contributed by atoms with Crippen LogP contribution in [0.4, 0.5) is 5.69 Å². The second-order valence-corrected chi connectivity index (χ2v) is 6.93. The minimum atomic E-state index is -0.176. The van der Waals surface area contributed by atoms with Crippen molar-refractivity contribution in [2.24, 2.45) is 10.6 Å². The first-order valence-corrected chi connectivity index (χ1v) is 7.68. The molecule has 1 fully saturated rings. The summed E-state index contributed by atoms with van der Waals surface area (Å²) in [6, 6.07) is 10.0. The molecule has 0 bridgehead atoms. The molecule has 21 heavy (non-hydrogen) atoms. The summed E-state index contributed by atoms with van der Waals surface area (Å²) in [5.74, 6) is 0.438. The fraction of sp³-hybridized carbons (Fsp3) is 0.444. The van der Waals surface area contributed by atoms with E-state index in [1.165, 1.54) is 16.5 Å². The van der Waals surface area contributed by atoms with Gasteiger partial charge in [0.2, 0.25) is 0 Å². The van der Waals surface area contributed by atoms with Crippen molar-refractivity contribution in [2.45, 2.75) is 44.6 Å². The van der Waals surface area contributed by atoms with Crippen molar-refractivity contribution in [2.75, 3.05) is 0 Å².